The highest BCUT2D eigenvalue weighted by atomic mass is 19.1. The van der Waals surface area contributed by atoms with E-state index in [1.54, 1.807) is 25.1 Å². The second-order valence-electron chi connectivity index (χ2n) is 6.65. The highest BCUT2D eigenvalue weighted by molar-refractivity contribution is 6.04. The van der Waals surface area contributed by atoms with Gasteiger partial charge in [-0.2, -0.15) is 0 Å². The number of amides is 2. The summed E-state index contributed by atoms with van der Waals surface area (Å²) in [5.74, 6) is -0.824. The molecule has 0 atom stereocenters. The second kappa shape index (κ2) is 10.7. The van der Waals surface area contributed by atoms with Gasteiger partial charge in [0.2, 0.25) is 0 Å². The monoisotopic (exact) mass is 436 g/mol. The third kappa shape index (κ3) is 6.40. The van der Waals surface area contributed by atoms with Crippen LogP contribution in [0.15, 0.2) is 72.8 Å². The van der Waals surface area contributed by atoms with E-state index in [4.69, 9.17) is 9.47 Å². The Hall–Kier alpha value is -4.20. The number of nitrogens with one attached hydrogen (secondary N) is 2. The van der Waals surface area contributed by atoms with Gasteiger partial charge in [0.15, 0.2) is 0 Å². The van der Waals surface area contributed by atoms with Gasteiger partial charge in [0.1, 0.15) is 11.6 Å². The van der Waals surface area contributed by atoms with Gasteiger partial charge in [-0.3, -0.25) is 9.59 Å². The van der Waals surface area contributed by atoms with Crippen molar-refractivity contribution in [2.75, 3.05) is 11.9 Å². The summed E-state index contributed by atoms with van der Waals surface area (Å²) in [4.78, 5) is 36.0. The molecule has 0 aliphatic rings. The Bertz CT molecular complexity index is 1100. The number of ether oxygens (including phenoxy) is 2. The van der Waals surface area contributed by atoms with Crippen LogP contribution in [-0.4, -0.2) is 24.6 Å². The average molecular weight is 436 g/mol. The first-order valence-electron chi connectivity index (χ1n) is 9.83. The van der Waals surface area contributed by atoms with E-state index in [2.05, 4.69) is 10.6 Å². The van der Waals surface area contributed by atoms with Crippen LogP contribution in [0, 0.1) is 5.82 Å². The molecule has 2 N–H and O–H groups in total. The standard InChI is InChI=1S/C24H21FN2O5/c1-2-31-24(30)32-21-12-8-18(9-13-21)23(29)27-20-5-3-4-16(14-20)15-26-22(28)17-6-10-19(25)11-7-17/h3-14H,2,15H2,1H3,(H,26,28)(H,27,29). The Morgan fingerprint density at radius 2 is 1.53 bits per heavy atom. The van der Waals surface area contributed by atoms with Crippen LogP contribution < -0.4 is 15.4 Å². The normalized spacial score (nSPS) is 10.2. The summed E-state index contributed by atoms with van der Waals surface area (Å²) in [7, 11) is 0. The number of carbonyl (C=O) groups excluding carboxylic acids is 3. The maximum atomic E-state index is 13.0. The predicted molar refractivity (Wildman–Crippen MR) is 116 cm³/mol. The molecule has 164 valence electrons. The highest BCUT2D eigenvalue weighted by Gasteiger charge is 2.10. The molecule has 32 heavy (non-hydrogen) atoms. The van der Waals surface area contributed by atoms with E-state index >= 15 is 0 Å². The number of halogens is 1. The van der Waals surface area contributed by atoms with Gasteiger partial charge in [-0.1, -0.05) is 12.1 Å². The minimum atomic E-state index is -0.812. The molecule has 0 aliphatic heterocycles. The van der Waals surface area contributed by atoms with E-state index in [1.807, 2.05) is 6.07 Å². The van der Waals surface area contributed by atoms with Crippen LogP contribution in [0.4, 0.5) is 14.9 Å². The minimum absolute atomic E-state index is 0.203. The number of carbonyl (C=O) groups is 3. The number of hydrogen-bond acceptors (Lipinski definition) is 5. The second-order valence-corrected chi connectivity index (χ2v) is 6.65. The van der Waals surface area contributed by atoms with E-state index in [-0.39, 0.29) is 30.7 Å². The van der Waals surface area contributed by atoms with Crippen LogP contribution in [0.3, 0.4) is 0 Å². The first-order chi connectivity index (χ1) is 15.4. The van der Waals surface area contributed by atoms with E-state index < -0.39 is 12.0 Å². The van der Waals surface area contributed by atoms with Crippen molar-refractivity contribution in [2.24, 2.45) is 0 Å². The van der Waals surface area contributed by atoms with Crippen molar-refractivity contribution in [3.8, 4) is 5.75 Å². The van der Waals surface area contributed by atoms with Crippen LogP contribution >= 0.6 is 0 Å². The molecule has 3 aromatic rings. The lowest BCUT2D eigenvalue weighted by molar-refractivity contribution is 0.0949. The van der Waals surface area contributed by atoms with E-state index in [1.165, 1.54) is 48.5 Å². The predicted octanol–water partition coefficient (Wildman–Crippen LogP) is 4.54. The average Bonchev–Trinajstić information content (AvgIpc) is 2.79. The fourth-order valence-corrected chi connectivity index (χ4v) is 2.77. The lowest BCUT2D eigenvalue weighted by Crippen LogP contribution is -2.22. The van der Waals surface area contributed by atoms with E-state index in [0.29, 0.717) is 16.8 Å². The first kappa shape index (κ1) is 22.5. The maximum Gasteiger partial charge on any atom is 0.513 e. The summed E-state index contributed by atoms with van der Waals surface area (Å²) in [5, 5.41) is 5.53. The van der Waals surface area contributed by atoms with Gasteiger partial charge in [-0.05, 0) is 73.2 Å². The Balaban J connectivity index is 1.56. The van der Waals surface area contributed by atoms with Crippen molar-refractivity contribution in [1.82, 2.24) is 5.32 Å². The largest absolute Gasteiger partial charge is 0.513 e. The van der Waals surface area contributed by atoms with Crippen LogP contribution in [-0.2, 0) is 11.3 Å². The summed E-state index contributed by atoms with van der Waals surface area (Å²) >= 11 is 0. The first-order valence-corrected chi connectivity index (χ1v) is 9.83. The summed E-state index contributed by atoms with van der Waals surface area (Å²) in [5.41, 5.74) is 2.05. The van der Waals surface area contributed by atoms with Crippen molar-refractivity contribution >= 4 is 23.7 Å². The summed E-state index contributed by atoms with van der Waals surface area (Å²) in [6.07, 6.45) is -0.812. The summed E-state index contributed by atoms with van der Waals surface area (Å²) < 4.78 is 22.6. The van der Waals surface area contributed by atoms with Crippen molar-refractivity contribution < 1.29 is 28.2 Å². The molecular weight excluding hydrogens is 415 g/mol. The van der Waals surface area contributed by atoms with Crippen LogP contribution in [0.2, 0.25) is 0 Å². The molecule has 3 aromatic carbocycles. The van der Waals surface area contributed by atoms with Gasteiger partial charge in [0, 0.05) is 23.4 Å². The third-order valence-corrected chi connectivity index (χ3v) is 4.32. The Labute approximate surface area is 184 Å². The van der Waals surface area contributed by atoms with Crippen LogP contribution in [0.1, 0.15) is 33.2 Å². The molecule has 0 bridgehead atoms. The molecular formula is C24H21FN2O5. The lowest BCUT2D eigenvalue weighted by atomic mass is 10.1. The summed E-state index contributed by atoms with van der Waals surface area (Å²) in [6, 6.07) is 18.3. The molecule has 8 heteroatoms. The number of benzene rings is 3. The van der Waals surface area contributed by atoms with Crippen molar-refractivity contribution in [3.05, 3.63) is 95.3 Å². The lowest BCUT2D eigenvalue weighted by Gasteiger charge is -2.09. The fourth-order valence-electron chi connectivity index (χ4n) is 2.77. The van der Waals surface area contributed by atoms with E-state index in [0.717, 1.165) is 5.56 Å². The Morgan fingerprint density at radius 1 is 0.875 bits per heavy atom. The Morgan fingerprint density at radius 3 is 2.22 bits per heavy atom. The van der Waals surface area contributed by atoms with Gasteiger partial charge in [-0.15, -0.1) is 0 Å². The molecule has 2 amide bonds. The van der Waals surface area contributed by atoms with Crippen molar-refractivity contribution in [3.63, 3.8) is 0 Å². The van der Waals surface area contributed by atoms with Gasteiger partial charge in [-0.25, -0.2) is 9.18 Å². The molecule has 0 fully saturated rings. The molecule has 0 aromatic heterocycles. The molecule has 3 rings (SSSR count). The Kier molecular flexibility index (Phi) is 7.53. The molecule has 0 radical (unpaired) electrons. The summed E-state index contributed by atoms with van der Waals surface area (Å²) in [6.45, 7) is 2.11. The molecule has 0 spiro atoms. The fraction of sp³-hybridized carbons (Fsp3) is 0.125. The molecule has 0 heterocycles. The van der Waals surface area contributed by atoms with Gasteiger partial charge in [0.05, 0.1) is 6.61 Å². The van der Waals surface area contributed by atoms with Crippen LogP contribution in [0.5, 0.6) is 5.75 Å². The van der Waals surface area contributed by atoms with Crippen LogP contribution in [0.25, 0.3) is 0 Å². The topological polar surface area (TPSA) is 93.7 Å². The number of hydrogen-bond donors (Lipinski definition) is 2. The van der Waals surface area contributed by atoms with E-state index in [9.17, 15) is 18.8 Å². The molecule has 0 unspecified atom stereocenters. The quantitative estimate of drug-likeness (QED) is 0.419. The van der Waals surface area contributed by atoms with Gasteiger partial charge in [0.25, 0.3) is 11.8 Å². The zero-order valence-electron chi connectivity index (χ0n) is 17.3. The van der Waals surface area contributed by atoms with Gasteiger partial charge >= 0.3 is 6.16 Å². The third-order valence-electron chi connectivity index (χ3n) is 4.32. The maximum absolute atomic E-state index is 13.0. The SMILES string of the molecule is CCOC(=O)Oc1ccc(C(=O)Nc2cccc(CNC(=O)c3ccc(F)cc3)c2)cc1. The van der Waals surface area contributed by atoms with Gasteiger partial charge < -0.3 is 20.1 Å². The van der Waals surface area contributed by atoms with Crippen molar-refractivity contribution in [2.45, 2.75) is 13.5 Å². The zero-order valence-corrected chi connectivity index (χ0v) is 17.3. The highest BCUT2D eigenvalue weighted by Crippen LogP contribution is 2.16. The number of anilines is 1. The molecule has 0 saturated carbocycles. The number of rotatable bonds is 7. The molecule has 7 nitrogen and oxygen atoms in total. The minimum Gasteiger partial charge on any atom is -0.434 e. The van der Waals surface area contributed by atoms with Crippen molar-refractivity contribution in [1.29, 1.82) is 0 Å². The zero-order chi connectivity index (χ0) is 22.9. The molecule has 0 aliphatic carbocycles. The smallest absolute Gasteiger partial charge is 0.434 e. The molecule has 0 saturated heterocycles.